The first-order chi connectivity index (χ1) is 13.4. The van der Waals surface area contributed by atoms with E-state index in [1.165, 1.54) is 16.0 Å². The van der Waals surface area contributed by atoms with E-state index in [9.17, 15) is 4.79 Å². The second kappa shape index (κ2) is 7.34. The van der Waals surface area contributed by atoms with Crippen molar-refractivity contribution in [3.05, 3.63) is 65.7 Å². The number of nitrogens with one attached hydrogen (secondary N) is 1. The lowest BCUT2D eigenvalue weighted by atomic mass is 9.65. The minimum absolute atomic E-state index is 0.121. The summed E-state index contributed by atoms with van der Waals surface area (Å²) in [6.45, 7) is 10.6. The summed E-state index contributed by atoms with van der Waals surface area (Å²) < 4.78 is 5.45. The molecule has 4 nitrogen and oxygen atoms in total. The highest BCUT2D eigenvalue weighted by atomic mass is 16.5. The van der Waals surface area contributed by atoms with Crippen molar-refractivity contribution in [2.24, 2.45) is 0 Å². The zero-order chi connectivity index (χ0) is 19.8. The van der Waals surface area contributed by atoms with Crippen LogP contribution in [0.25, 0.3) is 0 Å². The minimum atomic E-state index is -0.262. The summed E-state index contributed by atoms with van der Waals surface area (Å²) in [6.07, 6.45) is 0.894. The second-order valence-corrected chi connectivity index (χ2v) is 8.97. The van der Waals surface area contributed by atoms with E-state index in [2.05, 4.69) is 74.2 Å². The van der Waals surface area contributed by atoms with Crippen molar-refractivity contribution in [2.75, 3.05) is 37.7 Å². The van der Waals surface area contributed by atoms with Crippen molar-refractivity contribution < 1.29 is 14.4 Å². The number of fused-ring (bicyclic) bond motifs is 1. The summed E-state index contributed by atoms with van der Waals surface area (Å²) >= 11 is 0. The van der Waals surface area contributed by atoms with Crippen molar-refractivity contribution >= 4 is 11.6 Å². The number of quaternary nitrogens is 1. The number of para-hydroxylation sites is 1. The molecule has 2 aliphatic rings. The fourth-order valence-electron chi connectivity index (χ4n) is 5.17. The van der Waals surface area contributed by atoms with E-state index in [4.69, 9.17) is 4.74 Å². The molecule has 0 aliphatic carbocycles. The van der Waals surface area contributed by atoms with Crippen LogP contribution in [0.4, 0.5) is 5.69 Å². The summed E-state index contributed by atoms with van der Waals surface area (Å²) in [7, 11) is 0. The molecule has 1 saturated heterocycles. The fraction of sp³-hybridized carbons (Fsp3) is 0.458. The Hall–Kier alpha value is -2.17. The molecule has 2 aromatic rings. The highest BCUT2D eigenvalue weighted by Crippen LogP contribution is 2.50. The Bertz CT molecular complexity index is 843. The third-order valence-corrected chi connectivity index (χ3v) is 6.39. The Balaban J connectivity index is 1.73. The van der Waals surface area contributed by atoms with Gasteiger partial charge in [-0.25, -0.2) is 0 Å². The van der Waals surface area contributed by atoms with Crippen LogP contribution in [0.3, 0.4) is 0 Å². The van der Waals surface area contributed by atoms with Crippen LogP contribution in [0.2, 0.25) is 0 Å². The van der Waals surface area contributed by atoms with Gasteiger partial charge in [-0.05, 0) is 37.5 Å². The van der Waals surface area contributed by atoms with Crippen LogP contribution in [0, 0.1) is 0 Å². The summed E-state index contributed by atoms with van der Waals surface area (Å²) in [4.78, 5) is 16.8. The van der Waals surface area contributed by atoms with E-state index < -0.39 is 0 Å². The summed E-state index contributed by atoms with van der Waals surface area (Å²) in [5, 5.41) is 0. The molecule has 4 heteroatoms. The maximum Gasteiger partial charge on any atom is 0.282 e. The molecule has 1 amide bonds. The third-order valence-electron chi connectivity index (χ3n) is 6.39. The molecule has 0 unspecified atom stereocenters. The Morgan fingerprint density at radius 2 is 1.64 bits per heavy atom. The molecule has 1 fully saturated rings. The van der Waals surface area contributed by atoms with Gasteiger partial charge in [0.1, 0.15) is 13.1 Å². The molecule has 0 spiro atoms. The predicted molar refractivity (Wildman–Crippen MR) is 112 cm³/mol. The van der Waals surface area contributed by atoms with Gasteiger partial charge in [0, 0.05) is 16.6 Å². The standard InChI is InChI=1S/C24H30N2O2/c1-23(2)18-24(3,19-9-5-4-6-10-19)20-11-7-8-12-21(20)26(23)22(27)17-25-13-15-28-16-14-25/h4-12H,13-18H2,1-3H3/p+1/t24-/m1/s1. The third kappa shape index (κ3) is 3.36. The number of anilines is 1. The molecule has 2 aliphatic heterocycles. The zero-order valence-corrected chi connectivity index (χ0v) is 17.2. The number of benzene rings is 2. The van der Waals surface area contributed by atoms with Crippen LogP contribution in [0.1, 0.15) is 38.3 Å². The van der Waals surface area contributed by atoms with Crippen molar-refractivity contribution in [1.82, 2.24) is 0 Å². The van der Waals surface area contributed by atoms with Crippen LogP contribution in [0.15, 0.2) is 54.6 Å². The molecule has 28 heavy (non-hydrogen) atoms. The van der Waals surface area contributed by atoms with Crippen molar-refractivity contribution in [3.63, 3.8) is 0 Å². The lowest BCUT2D eigenvalue weighted by molar-refractivity contribution is -0.900. The predicted octanol–water partition coefficient (Wildman–Crippen LogP) is 2.42. The first-order valence-corrected chi connectivity index (χ1v) is 10.3. The summed E-state index contributed by atoms with van der Waals surface area (Å²) in [5.41, 5.74) is 3.22. The molecule has 4 rings (SSSR count). The Morgan fingerprint density at radius 3 is 2.36 bits per heavy atom. The van der Waals surface area contributed by atoms with E-state index in [-0.39, 0.29) is 16.9 Å². The molecule has 2 aromatic carbocycles. The van der Waals surface area contributed by atoms with Gasteiger partial charge in [0.2, 0.25) is 0 Å². The van der Waals surface area contributed by atoms with Gasteiger partial charge < -0.3 is 14.5 Å². The average Bonchev–Trinajstić information content (AvgIpc) is 2.69. The number of carbonyl (C=O) groups excluding carboxylic acids is 1. The van der Waals surface area contributed by atoms with Crippen LogP contribution < -0.4 is 9.80 Å². The minimum Gasteiger partial charge on any atom is -0.370 e. The van der Waals surface area contributed by atoms with E-state index in [1.54, 1.807) is 0 Å². The zero-order valence-electron chi connectivity index (χ0n) is 17.2. The summed E-state index contributed by atoms with van der Waals surface area (Å²) in [5.74, 6) is 0.212. The maximum atomic E-state index is 13.5. The number of carbonyl (C=O) groups is 1. The number of hydrogen-bond donors (Lipinski definition) is 1. The molecular formula is C24H31N2O2+. The number of amides is 1. The monoisotopic (exact) mass is 379 g/mol. The highest BCUT2D eigenvalue weighted by Gasteiger charge is 2.48. The normalized spacial score (nSPS) is 24.6. The molecule has 2 heterocycles. The number of nitrogens with zero attached hydrogens (tertiary/aromatic N) is 1. The van der Waals surface area contributed by atoms with Gasteiger partial charge in [-0.2, -0.15) is 0 Å². The SMILES string of the molecule is CC1(C)C[C@](C)(c2ccccc2)c2ccccc2N1C(=O)C[NH+]1CCOCC1. The maximum absolute atomic E-state index is 13.5. The molecule has 0 radical (unpaired) electrons. The molecule has 0 aromatic heterocycles. The Labute approximate surface area is 168 Å². The second-order valence-electron chi connectivity index (χ2n) is 8.97. The Morgan fingerprint density at radius 1 is 1.00 bits per heavy atom. The van der Waals surface area contributed by atoms with Crippen molar-refractivity contribution in [2.45, 2.75) is 38.1 Å². The largest absolute Gasteiger partial charge is 0.370 e. The van der Waals surface area contributed by atoms with Gasteiger partial charge in [0.25, 0.3) is 5.91 Å². The lowest BCUT2D eigenvalue weighted by Crippen LogP contribution is -3.15. The van der Waals surface area contributed by atoms with Crippen molar-refractivity contribution in [3.8, 4) is 0 Å². The van der Waals surface area contributed by atoms with Crippen molar-refractivity contribution in [1.29, 1.82) is 0 Å². The van der Waals surface area contributed by atoms with E-state index in [1.807, 2.05) is 6.07 Å². The molecule has 1 N–H and O–H groups in total. The van der Waals surface area contributed by atoms with E-state index in [0.717, 1.165) is 38.4 Å². The molecular weight excluding hydrogens is 348 g/mol. The van der Waals surface area contributed by atoms with Gasteiger partial charge >= 0.3 is 0 Å². The van der Waals surface area contributed by atoms with Crippen LogP contribution >= 0.6 is 0 Å². The van der Waals surface area contributed by atoms with E-state index in [0.29, 0.717) is 6.54 Å². The first-order valence-electron chi connectivity index (χ1n) is 10.3. The smallest absolute Gasteiger partial charge is 0.282 e. The van der Waals surface area contributed by atoms with Crippen LogP contribution in [0.5, 0.6) is 0 Å². The van der Waals surface area contributed by atoms with Gasteiger partial charge in [-0.15, -0.1) is 0 Å². The van der Waals surface area contributed by atoms with Crippen LogP contribution in [-0.2, 0) is 14.9 Å². The average molecular weight is 380 g/mol. The number of morpholine rings is 1. The van der Waals surface area contributed by atoms with E-state index >= 15 is 0 Å². The van der Waals surface area contributed by atoms with Gasteiger partial charge in [0.05, 0.1) is 13.2 Å². The van der Waals surface area contributed by atoms with Gasteiger partial charge in [-0.3, -0.25) is 4.79 Å². The first kappa shape index (κ1) is 19.2. The Kier molecular flexibility index (Phi) is 5.02. The number of rotatable bonds is 3. The molecule has 148 valence electrons. The van der Waals surface area contributed by atoms with Gasteiger partial charge in [-0.1, -0.05) is 55.5 Å². The highest BCUT2D eigenvalue weighted by molar-refractivity contribution is 5.97. The quantitative estimate of drug-likeness (QED) is 0.889. The number of hydrogen-bond acceptors (Lipinski definition) is 2. The topological polar surface area (TPSA) is 34.0 Å². The molecule has 1 atom stereocenters. The summed E-state index contributed by atoms with van der Waals surface area (Å²) in [6, 6.07) is 19.1. The molecule has 0 saturated carbocycles. The lowest BCUT2D eigenvalue weighted by Gasteiger charge is -2.51. The van der Waals surface area contributed by atoms with Crippen LogP contribution in [-0.4, -0.2) is 44.3 Å². The number of ether oxygens (including phenoxy) is 1. The fourth-order valence-corrected chi connectivity index (χ4v) is 5.17. The molecule has 0 bridgehead atoms. The van der Waals surface area contributed by atoms with Gasteiger partial charge in [0.15, 0.2) is 6.54 Å².